The van der Waals surface area contributed by atoms with Crippen LogP contribution in [-0.4, -0.2) is 50.8 Å². The molecule has 9 heteroatoms. The summed E-state index contributed by atoms with van der Waals surface area (Å²) in [6.07, 6.45) is 0. The van der Waals surface area contributed by atoms with E-state index in [1.54, 1.807) is 49.5 Å². The highest BCUT2D eigenvalue weighted by Gasteiger charge is 2.41. The van der Waals surface area contributed by atoms with Crippen LogP contribution in [0.1, 0.15) is 27.4 Å². The van der Waals surface area contributed by atoms with Crippen LogP contribution in [0.5, 0.6) is 23.0 Å². The minimum atomic E-state index is -0.487. The van der Waals surface area contributed by atoms with Crippen molar-refractivity contribution in [3.8, 4) is 23.0 Å². The first kappa shape index (κ1) is 24.8. The number of carbonyl (C=O) groups excluding carboxylic acids is 2. The van der Waals surface area contributed by atoms with Crippen LogP contribution in [0.4, 0.5) is 0 Å². The number of likely N-dealkylation sites (tertiary alicyclic amines) is 1. The fourth-order valence-electron chi connectivity index (χ4n) is 4.85. The molecule has 1 fully saturated rings. The quantitative estimate of drug-likeness (QED) is 0.499. The molecule has 192 valence electrons. The average Bonchev–Trinajstić information content (AvgIpc) is 3.58. The van der Waals surface area contributed by atoms with E-state index in [2.05, 4.69) is 5.32 Å². The molecule has 3 aromatic rings. The molecule has 0 aliphatic carbocycles. The molecule has 1 saturated heterocycles. The number of hydrogen-bond acceptors (Lipinski definition) is 6. The standard InChI is InChI=1S/C28H27ClN2O6/c1-34-20-7-8-21(25(12-20)35-2)22-14-31(28(33)18-4-3-5-19(29)11-18)15-23(22)27(32)30-13-17-6-9-24-26(10-17)37-16-36-24/h3-12,22-23H,13-16H2,1-2H3,(H,30,32)/t22-,23+/m1/s1. The van der Waals surface area contributed by atoms with Crippen LogP contribution in [0.25, 0.3) is 0 Å². The van der Waals surface area contributed by atoms with Crippen molar-refractivity contribution in [1.82, 2.24) is 10.2 Å². The van der Waals surface area contributed by atoms with Crippen molar-refractivity contribution in [3.63, 3.8) is 0 Å². The molecule has 0 unspecified atom stereocenters. The van der Waals surface area contributed by atoms with E-state index < -0.39 is 5.92 Å². The topological polar surface area (TPSA) is 86.3 Å². The van der Waals surface area contributed by atoms with Gasteiger partial charge < -0.3 is 29.2 Å². The average molecular weight is 523 g/mol. The number of nitrogens with one attached hydrogen (secondary N) is 1. The lowest BCUT2D eigenvalue weighted by Crippen LogP contribution is -2.35. The molecule has 8 nitrogen and oxygen atoms in total. The maximum absolute atomic E-state index is 13.5. The normalized spacial score (nSPS) is 18.0. The minimum absolute atomic E-state index is 0.151. The van der Waals surface area contributed by atoms with Gasteiger partial charge in [0.15, 0.2) is 11.5 Å². The zero-order valence-corrected chi connectivity index (χ0v) is 21.3. The number of amides is 2. The SMILES string of the molecule is COc1ccc([C@H]2CN(C(=O)c3cccc(Cl)c3)C[C@@H]2C(=O)NCc2ccc3c(c2)OCO3)c(OC)c1. The van der Waals surface area contributed by atoms with E-state index in [-0.39, 0.29) is 31.1 Å². The third-order valence-corrected chi connectivity index (χ3v) is 6.99. The summed E-state index contributed by atoms with van der Waals surface area (Å²) in [6, 6.07) is 17.9. The number of rotatable bonds is 7. The van der Waals surface area contributed by atoms with Crippen LogP contribution >= 0.6 is 11.6 Å². The Morgan fingerprint density at radius 2 is 1.84 bits per heavy atom. The third kappa shape index (κ3) is 5.15. The van der Waals surface area contributed by atoms with Gasteiger partial charge >= 0.3 is 0 Å². The molecule has 37 heavy (non-hydrogen) atoms. The first-order chi connectivity index (χ1) is 18.0. The van der Waals surface area contributed by atoms with Crippen molar-refractivity contribution in [2.45, 2.75) is 12.5 Å². The Bertz CT molecular complexity index is 1330. The molecule has 0 bridgehead atoms. The number of methoxy groups -OCH3 is 2. The van der Waals surface area contributed by atoms with Crippen LogP contribution in [0, 0.1) is 5.92 Å². The highest BCUT2D eigenvalue weighted by molar-refractivity contribution is 6.31. The Labute approximate surface area is 220 Å². The van der Waals surface area contributed by atoms with Gasteiger partial charge in [0.05, 0.1) is 20.1 Å². The van der Waals surface area contributed by atoms with E-state index in [1.807, 2.05) is 30.3 Å². The lowest BCUT2D eigenvalue weighted by molar-refractivity contribution is -0.125. The second-order valence-electron chi connectivity index (χ2n) is 8.95. The van der Waals surface area contributed by atoms with Crippen LogP contribution in [-0.2, 0) is 11.3 Å². The molecule has 0 saturated carbocycles. The maximum Gasteiger partial charge on any atom is 0.253 e. The number of carbonyl (C=O) groups is 2. The van der Waals surface area contributed by atoms with E-state index in [9.17, 15) is 9.59 Å². The summed E-state index contributed by atoms with van der Waals surface area (Å²) in [7, 11) is 3.17. The minimum Gasteiger partial charge on any atom is -0.497 e. The van der Waals surface area contributed by atoms with Gasteiger partial charge in [-0.05, 0) is 42.0 Å². The van der Waals surface area contributed by atoms with Crippen molar-refractivity contribution >= 4 is 23.4 Å². The van der Waals surface area contributed by atoms with Gasteiger partial charge in [-0.2, -0.15) is 0 Å². The zero-order chi connectivity index (χ0) is 25.9. The molecule has 5 rings (SSSR count). The lowest BCUT2D eigenvalue weighted by Gasteiger charge is -2.21. The van der Waals surface area contributed by atoms with E-state index in [0.717, 1.165) is 11.1 Å². The molecular formula is C28H27ClN2O6. The molecule has 2 heterocycles. The van der Waals surface area contributed by atoms with Gasteiger partial charge in [-0.1, -0.05) is 29.8 Å². The Morgan fingerprint density at radius 1 is 1.00 bits per heavy atom. The summed E-state index contributed by atoms with van der Waals surface area (Å²) >= 11 is 6.12. The predicted octanol–water partition coefficient (Wildman–Crippen LogP) is 4.26. The van der Waals surface area contributed by atoms with Crippen LogP contribution < -0.4 is 24.3 Å². The summed E-state index contributed by atoms with van der Waals surface area (Å²) in [5, 5.41) is 3.52. The summed E-state index contributed by atoms with van der Waals surface area (Å²) < 4.78 is 21.8. The predicted molar refractivity (Wildman–Crippen MR) is 138 cm³/mol. The smallest absolute Gasteiger partial charge is 0.253 e. The lowest BCUT2D eigenvalue weighted by atomic mass is 9.87. The van der Waals surface area contributed by atoms with Gasteiger partial charge in [-0.25, -0.2) is 0 Å². The number of hydrogen-bond donors (Lipinski definition) is 1. The molecule has 2 amide bonds. The Kier molecular flexibility index (Phi) is 7.10. The van der Waals surface area contributed by atoms with Crippen LogP contribution in [0.2, 0.25) is 5.02 Å². The molecule has 2 aliphatic heterocycles. The molecule has 0 aromatic heterocycles. The number of ether oxygens (including phenoxy) is 4. The Balaban J connectivity index is 1.39. The van der Waals surface area contributed by atoms with Gasteiger partial charge in [-0.3, -0.25) is 9.59 Å². The monoisotopic (exact) mass is 522 g/mol. The number of benzene rings is 3. The molecule has 0 spiro atoms. The van der Waals surface area contributed by atoms with Gasteiger partial charge in [0.25, 0.3) is 5.91 Å². The Morgan fingerprint density at radius 3 is 2.62 bits per heavy atom. The summed E-state index contributed by atoms with van der Waals surface area (Å²) in [5.74, 6) is 1.51. The highest BCUT2D eigenvalue weighted by atomic mass is 35.5. The first-order valence-electron chi connectivity index (χ1n) is 11.9. The fraction of sp³-hybridized carbons (Fsp3) is 0.286. The highest BCUT2D eigenvalue weighted by Crippen LogP contribution is 2.40. The van der Waals surface area contributed by atoms with Crippen LogP contribution in [0.15, 0.2) is 60.7 Å². The van der Waals surface area contributed by atoms with E-state index in [0.29, 0.717) is 46.7 Å². The summed E-state index contributed by atoms with van der Waals surface area (Å²) in [5.41, 5.74) is 2.21. The first-order valence-corrected chi connectivity index (χ1v) is 12.3. The van der Waals surface area contributed by atoms with Crippen molar-refractivity contribution < 1.29 is 28.5 Å². The second-order valence-corrected chi connectivity index (χ2v) is 9.38. The van der Waals surface area contributed by atoms with E-state index in [4.69, 9.17) is 30.5 Å². The molecule has 2 aliphatic rings. The number of nitrogens with zero attached hydrogens (tertiary/aromatic N) is 1. The third-order valence-electron chi connectivity index (χ3n) is 6.76. The van der Waals surface area contributed by atoms with Gasteiger partial charge in [-0.15, -0.1) is 0 Å². The fourth-order valence-corrected chi connectivity index (χ4v) is 5.04. The van der Waals surface area contributed by atoms with Crippen molar-refractivity contribution in [1.29, 1.82) is 0 Å². The largest absolute Gasteiger partial charge is 0.497 e. The Hall–Kier alpha value is -3.91. The molecular weight excluding hydrogens is 496 g/mol. The van der Waals surface area contributed by atoms with Gasteiger partial charge in [0.2, 0.25) is 12.7 Å². The molecule has 1 N–H and O–H groups in total. The summed E-state index contributed by atoms with van der Waals surface area (Å²) in [6.45, 7) is 1.13. The molecule has 3 aromatic carbocycles. The van der Waals surface area contributed by atoms with Crippen LogP contribution in [0.3, 0.4) is 0 Å². The van der Waals surface area contributed by atoms with Crippen molar-refractivity contribution in [3.05, 3.63) is 82.4 Å². The van der Waals surface area contributed by atoms with E-state index >= 15 is 0 Å². The maximum atomic E-state index is 13.5. The van der Waals surface area contributed by atoms with E-state index in [1.165, 1.54) is 0 Å². The zero-order valence-electron chi connectivity index (χ0n) is 20.5. The molecule has 0 radical (unpaired) electrons. The van der Waals surface area contributed by atoms with Gasteiger partial charge in [0, 0.05) is 47.8 Å². The number of fused-ring (bicyclic) bond motifs is 1. The molecule has 2 atom stereocenters. The van der Waals surface area contributed by atoms with Crippen molar-refractivity contribution in [2.24, 2.45) is 5.92 Å². The summed E-state index contributed by atoms with van der Waals surface area (Å²) in [4.78, 5) is 28.6. The van der Waals surface area contributed by atoms with Gasteiger partial charge in [0.1, 0.15) is 11.5 Å². The number of halogens is 1. The van der Waals surface area contributed by atoms with Crippen molar-refractivity contribution in [2.75, 3.05) is 34.1 Å². The second kappa shape index (κ2) is 10.6.